The smallest absolute Gasteiger partial charge is 0.240 e. The number of morpholine rings is 1. The quantitative estimate of drug-likeness (QED) is 0.458. The summed E-state index contributed by atoms with van der Waals surface area (Å²) in [4.78, 5) is 26.9. The first-order valence-electron chi connectivity index (χ1n) is 11.3. The maximum atomic E-state index is 12.4. The molecule has 0 aromatic heterocycles. The fourth-order valence-corrected chi connectivity index (χ4v) is 5.23. The number of hydrogen-bond acceptors (Lipinski definition) is 6. The normalized spacial score (nSPS) is 22.2. The number of carbonyl (C=O) groups excluding carboxylic acids is 2. The van der Waals surface area contributed by atoms with Crippen LogP contribution in [0.4, 0.5) is 0 Å². The predicted octanol–water partition coefficient (Wildman–Crippen LogP) is 0.336. The summed E-state index contributed by atoms with van der Waals surface area (Å²) in [6.45, 7) is 4.90. The van der Waals surface area contributed by atoms with Gasteiger partial charge in [-0.05, 0) is 43.7 Å². The molecule has 0 radical (unpaired) electrons. The van der Waals surface area contributed by atoms with E-state index < -0.39 is 10.0 Å². The molecule has 0 atom stereocenters. The predicted molar refractivity (Wildman–Crippen MR) is 120 cm³/mol. The second-order valence-corrected chi connectivity index (χ2v) is 10.2. The number of amides is 2. The standard InChI is InChI=1S/C22H34N4O5S/c27-21(23-10-11-26-12-14-31-15-13-26)17-24-22(28)19-8-6-18(7-9-19)16-25-32(29,30)20-4-2-1-3-5-20/h1-5,18-19,25H,6-17H2,(H,23,27)(H,24,28). The lowest BCUT2D eigenvalue weighted by Crippen LogP contribution is -2.44. The second-order valence-electron chi connectivity index (χ2n) is 8.40. The van der Waals surface area contributed by atoms with E-state index in [-0.39, 0.29) is 35.1 Å². The van der Waals surface area contributed by atoms with Gasteiger partial charge in [0.15, 0.2) is 0 Å². The first-order valence-corrected chi connectivity index (χ1v) is 12.8. The van der Waals surface area contributed by atoms with Crippen LogP contribution in [0.2, 0.25) is 0 Å². The number of hydrogen-bond donors (Lipinski definition) is 3. The molecule has 1 saturated heterocycles. The van der Waals surface area contributed by atoms with E-state index in [1.54, 1.807) is 30.3 Å². The summed E-state index contributed by atoms with van der Waals surface area (Å²) in [5, 5.41) is 5.58. The van der Waals surface area contributed by atoms with E-state index in [0.717, 1.165) is 45.7 Å². The molecule has 0 spiro atoms. The Morgan fingerprint density at radius 2 is 1.69 bits per heavy atom. The SMILES string of the molecule is O=C(CNC(=O)C1CCC(CNS(=O)(=O)c2ccccc2)CC1)NCCN1CCOCC1. The molecule has 2 aliphatic rings. The fraction of sp³-hybridized carbons (Fsp3) is 0.636. The molecule has 1 aliphatic heterocycles. The minimum atomic E-state index is -3.51. The minimum Gasteiger partial charge on any atom is -0.379 e. The van der Waals surface area contributed by atoms with Crippen LogP contribution < -0.4 is 15.4 Å². The van der Waals surface area contributed by atoms with Crippen LogP contribution in [0.3, 0.4) is 0 Å². The fourth-order valence-electron chi connectivity index (χ4n) is 4.09. The maximum Gasteiger partial charge on any atom is 0.240 e. The molecule has 3 N–H and O–H groups in total. The van der Waals surface area contributed by atoms with Crippen molar-refractivity contribution in [2.24, 2.45) is 11.8 Å². The van der Waals surface area contributed by atoms with E-state index >= 15 is 0 Å². The average molecular weight is 467 g/mol. The summed E-state index contributed by atoms with van der Waals surface area (Å²) >= 11 is 0. The zero-order valence-corrected chi connectivity index (χ0v) is 19.2. The third kappa shape index (κ3) is 7.84. The molecule has 1 aromatic carbocycles. The van der Waals surface area contributed by atoms with Crippen LogP contribution in [0.1, 0.15) is 25.7 Å². The molecule has 0 unspecified atom stereocenters. The Morgan fingerprint density at radius 3 is 2.38 bits per heavy atom. The number of sulfonamides is 1. The number of nitrogens with one attached hydrogen (secondary N) is 3. The summed E-state index contributed by atoms with van der Waals surface area (Å²) < 4.78 is 32.7. The van der Waals surface area contributed by atoms with Crippen molar-refractivity contribution < 1.29 is 22.7 Å². The zero-order valence-electron chi connectivity index (χ0n) is 18.4. The average Bonchev–Trinajstić information content (AvgIpc) is 2.83. The van der Waals surface area contributed by atoms with Crippen molar-refractivity contribution in [3.8, 4) is 0 Å². The minimum absolute atomic E-state index is 0.0151. The second kappa shape index (κ2) is 12.3. The van der Waals surface area contributed by atoms with E-state index in [4.69, 9.17) is 4.74 Å². The molecular formula is C22H34N4O5S. The molecule has 1 aliphatic carbocycles. The molecule has 2 amide bonds. The summed E-state index contributed by atoms with van der Waals surface area (Å²) in [6, 6.07) is 8.32. The van der Waals surface area contributed by atoms with Gasteiger partial charge < -0.3 is 15.4 Å². The van der Waals surface area contributed by atoms with Gasteiger partial charge in [0.05, 0.1) is 24.7 Å². The van der Waals surface area contributed by atoms with Crippen molar-refractivity contribution in [2.75, 3.05) is 52.5 Å². The number of carbonyl (C=O) groups is 2. The van der Waals surface area contributed by atoms with Crippen molar-refractivity contribution in [3.63, 3.8) is 0 Å². The lowest BCUT2D eigenvalue weighted by atomic mass is 9.81. The van der Waals surface area contributed by atoms with Gasteiger partial charge in [0, 0.05) is 38.6 Å². The van der Waals surface area contributed by atoms with Gasteiger partial charge in [0.2, 0.25) is 21.8 Å². The molecule has 3 rings (SSSR count). The number of benzene rings is 1. The highest BCUT2D eigenvalue weighted by atomic mass is 32.2. The third-order valence-corrected chi connectivity index (χ3v) is 7.55. The van der Waals surface area contributed by atoms with Crippen molar-refractivity contribution in [1.82, 2.24) is 20.3 Å². The van der Waals surface area contributed by atoms with Crippen LogP contribution in [0.25, 0.3) is 0 Å². The van der Waals surface area contributed by atoms with E-state index in [2.05, 4.69) is 20.3 Å². The van der Waals surface area contributed by atoms with Gasteiger partial charge >= 0.3 is 0 Å². The summed E-state index contributed by atoms with van der Waals surface area (Å²) in [5.41, 5.74) is 0. The lowest BCUT2D eigenvalue weighted by molar-refractivity contribution is -0.129. The monoisotopic (exact) mass is 466 g/mol. The Kier molecular flexibility index (Phi) is 9.46. The Morgan fingerprint density at radius 1 is 1.00 bits per heavy atom. The van der Waals surface area contributed by atoms with Gasteiger partial charge in [-0.1, -0.05) is 18.2 Å². The van der Waals surface area contributed by atoms with Crippen LogP contribution in [-0.2, 0) is 24.3 Å². The van der Waals surface area contributed by atoms with Gasteiger partial charge in [0.1, 0.15) is 0 Å². The van der Waals surface area contributed by atoms with Crippen molar-refractivity contribution >= 4 is 21.8 Å². The Balaban J connectivity index is 1.29. The Bertz CT molecular complexity index is 835. The van der Waals surface area contributed by atoms with Crippen LogP contribution >= 0.6 is 0 Å². The van der Waals surface area contributed by atoms with Crippen molar-refractivity contribution in [1.29, 1.82) is 0 Å². The molecule has 1 heterocycles. The summed E-state index contributed by atoms with van der Waals surface area (Å²) in [5.74, 6) is -0.202. The number of rotatable bonds is 10. The highest BCUT2D eigenvalue weighted by molar-refractivity contribution is 7.89. The molecule has 32 heavy (non-hydrogen) atoms. The molecule has 10 heteroatoms. The van der Waals surface area contributed by atoms with Crippen LogP contribution in [0.15, 0.2) is 35.2 Å². The summed E-state index contributed by atoms with van der Waals surface area (Å²) in [7, 11) is -3.51. The van der Waals surface area contributed by atoms with Crippen molar-refractivity contribution in [2.45, 2.75) is 30.6 Å². The molecule has 1 saturated carbocycles. The lowest BCUT2D eigenvalue weighted by Gasteiger charge is -2.28. The largest absolute Gasteiger partial charge is 0.379 e. The Hall–Kier alpha value is -2.01. The van der Waals surface area contributed by atoms with Gasteiger partial charge in [-0.3, -0.25) is 14.5 Å². The highest BCUT2D eigenvalue weighted by Crippen LogP contribution is 2.28. The van der Waals surface area contributed by atoms with E-state index in [1.807, 2.05) is 0 Å². The Labute approximate surface area is 190 Å². The number of nitrogens with zero attached hydrogens (tertiary/aromatic N) is 1. The zero-order chi connectivity index (χ0) is 22.8. The van der Waals surface area contributed by atoms with Gasteiger partial charge in [0.25, 0.3) is 0 Å². The first-order chi connectivity index (χ1) is 15.4. The first kappa shape index (κ1) is 24.6. The molecule has 1 aromatic rings. The molecule has 2 fully saturated rings. The van der Waals surface area contributed by atoms with Gasteiger partial charge in [-0.25, -0.2) is 13.1 Å². The van der Waals surface area contributed by atoms with Crippen LogP contribution in [0.5, 0.6) is 0 Å². The van der Waals surface area contributed by atoms with E-state index in [9.17, 15) is 18.0 Å². The number of ether oxygens (including phenoxy) is 1. The molecule has 178 valence electrons. The van der Waals surface area contributed by atoms with Gasteiger partial charge in [-0.2, -0.15) is 0 Å². The van der Waals surface area contributed by atoms with E-state index in [0.29, 0.717) is 25.9 Å². The third-order valence-electron chi connectivity index (χ3n) is 6.11. The van der Waals surface area contributed by atoms with E-state index in [1.165, 1.54) is 0 Å². The highest BCUT2D eigenvalue weighted by Gasteiger charge is 2.27. The molecule has 9 nitrogen and oxygen atoms in total. The van der Waals surface area contributed by atoms with Crippen molar-refractivity contribution in [3.05, 3.63) is 30.3 Å². The van der Waals surface area contributed by atoms with Crippen LogP contribution in [-0.4, -0.2) is 77.6 Å². The van der Waals surface area contributed by atoms with Gasteiger partial charge in [-0.15, -0.1) is 0 Å². The molecular weight excluding hydrogens is 432 g/mol. The summed E-state index contributed by atoms with van der Waals surface area (Å²) in [6.07, 6.45) is 2.95. The van der Waals surface area contributed by atoms with Crippen LogP contribution in [0, 0.1) is 11.8 Å². The topological polar surface area (TPSA) is 117 Å². The maximum absolute atomic E-state index is 12.4. The molecule has 0 bridgehead atoms.